The van der Waals surface area contributed by atoms with E-state index >= 15 is 0 Å². The molecule has 0 aromatic carbocycles. The smallest absolute Gasteiger partial charge is 0.387 e. The second-order valence-corrected chi connectivity index (χ2v) is 19.6. The number of hydrogen-bond donors (Lipinski definition) is 3. The summed E-state index contributed by atoms with van der Waals surface area (Å²) in [6.45, 7) is 4.69. The van der Waals surface area contributed by atoms with Crippen molar-refractivity contribution >= 4 is 13.7 Å². The molecule has 62 heavy (non-hydrogen) atoms. The van der Waals surface area contributed by atoms with Crippen LogP contribution in [-0.4, -0.2) is 73.4 Å². The summed E-state index contributed by atoms with van der Waals surface area (Å²) in [4.78, 5) is 23.1. The summed E-state index contributed by atoms with van der Waals surface area (Å²) in [6.07, 6.45) is 60.0. The lowest BCUT2D eigenvalue weighted by Crippen LogP contribution is -2.45. The molecule has 0 aliphatic heterocycles. The number of phosphoric ester groups is 1. The van der Waals surface area contributed by atoms with Crippen LogP contribution in [0, 0.1) is 0 Å². The van der Waals surface area contributed by atoms with E-state index in [1.165, 1.54) is 122 Å². The van der Waals surface area contributed by atoms with E-state index in [0.29, 0.717) is 17.4 Å². The van der Waals surface area contributed by atoms with Crippen molar-refractivity contribution in [3.8, 4) is 0 Å². The Morgan fingerprint density at radius 2 is 0.968 bits per heavy atom. The zero-order valence-corrected chi connectivity index (χ0v) is 41.7. The molecule has 0 spiro atoms. The molecule has 8 nitrogen and oxygen atoms in total. The molecule has 0 saturated carbocycles. The molecule has 0 radical (unpaired) electrons. The Labute approximate surface area is 383 Å². The molecule has 1 amide bonds. The Kier molecular flexibility index (Phi) is 42.7. The van der Waals surface area contributed by atoms with Crippen molar-refractivity contribution in [1.82, 2.24) is 5.32 Å². The van der Waals surface area contributed by atoms with Gasteiger partial charge in [-0.15, -0.1) is 0 Å². The molecule has 0 aromatic heterocycles. The van der Waals surface area contributed by atoms with Gasteiger partial charge in [-0.3, -0.25) is 13.8 Å². The van der Waals surface area contributed by atoms with Gasteiger partial charge in [-0.25, -0.2) is 4.57 Å². The normalized spacial score (nSPS) is 14.8. The largest absolute Gasteiger partial charge is 0.472 e. The van der Waals surface area contributed by atoms with Crippen molar-refractivity contribution < 1.29 is 32.9 Å². The van der Waals surface area contributed by atoms with E-state index < -0.39 is 20.0 Å². The summed E-state index contributed by atoms with van der Waals surface area (Å²) in [5.74, 6) is -0.196. The van der Waals surface area contributed by atoms with E-state index in [-0.39, 0.29) is 19.1 Å². The van der Waals surface area contributed by atoms with Crippen molar-refractivity contribution in [1.29, 1.82) is 0 Å². The number of allylic oxidation sites excluding steroid dienone is 11. The molecule has 0 aliphatic rings. The summed E-state index contributed by atoms with van der Waals surface area (Å²) in [7, 11) is 1.54. The van der Waals surface area contributed by atoms with Crippen LogP contribution in [-0.2, 0) is 18.4 Å². The topological polar surface area (TPSA) is 105 Å². The van der Waals surface area contributed by atoms with Crippen LogP contribution in [0.2, 0.25) is 0 Å². The van der Waals surface area contributed by atoms with Crippen LogP contribution in [0.15, 0.2) is 72.9 Å². The van der Waals surface area contributed by atoms with Crippen LogP contribution in [0.3, 0.4) is 0 Å². The highest BCUT2D eigenvalue weighted by Crippen LogP contribution is 2.43. The number of phosphoric acid groups is 1. The first kappa shape index (κ1) is 59.9. The first-order valence-electron chi connectivity index (χ1n) is 25.3. The predicted molar refractivity (Wildman–Crippen MR) is 267 cm³/mol. The Balaban J connectivity index is 4.14. The molecule has 0 heterocycles. The highest BCUT2D eigenvalue weighted by atomic mass is 31.2. The number of carbonyl (C=O) groups excluding carboxylic acids is 1. The average Bonchev–Trinajstić information content (AvgIpc) is 3.23. The highest BCUT2D eigenvalue weighted by molar-refractivity contribution is 7.47. The summed E-state index contributed by atoms with van der Waals surface area (Å²) in [5.41, 5.74) is 0. The van der Waals surface area contributed by atoms with Gasteiger partial charge in [0, 0.05) is 6.42 Å². The lowest BCUT2D eigenvalue weighted by atomic mass is 10.0. The third kappa shape index (κ3) is 45.9. The molecule has 9 heteroatoms. The average molecular weight is 890 g/mol. The van der Waals surface area contributed by atoms with E-state index in [1.54, 1.807) is 6.08 Å². The SMILES string of the molecule is CCC/C=C/CC/C=C/CC/C=C/C(O)C(COP(=O)(O)OCC[N+](C)(C)C)NC(=O)CCCCCCCCCCCCCCCC/C=C\C/C=C\C/C=C\CCCCCCC. The fraction of sp³-hybridized carbons (Fsp3) is 0.755. The minimum atomic E-state index is -4.35. The maximum Gasteiger partial charge on any atom is 0.472 e. The molecular formula is C53H98N2O6P+. The quantitative estimate of drug-likeness (QED) is 0.0243. The van der Waals surface area contributed by atoms with Crippen molar-refractivity contribution in [2.45, 2.75) is 219 Å². The van der Waals surface area contributed by atoms with Crippen LogP contribution in [0.25, 0.3) is 0 Å². The van der Waals surface area contributed by atoms with Gasteiger partial charge in [-0.05, 0) is 77.0 Å². The maximum atomic E-state index is 12.9. The van der Waals surface area contributed by atoms with Gasteiger partial charge in [0.15, 0.2) is 0 Å². The zero-order valence-electron chi connectivity index (χ0n) is 40.8. The molecule has 0 aliphatic carbocycles. The lowest BCUT2D eigenvalue weighted by Gasteiger charge is -2.25. The number of nitrogens with zero attached hydrogens (tertiary/aromatic N) is 1. The van der Waals surface area contributed by atoms with E-state index in [2.05, 4.69) is 79.9 Å². The fourth-order valence-corrected chi connectivity index (χ4v) is 7.59. The van der Waals surface area contributed by atoms with Crippen LogP contribution in [0.4, 0.5) is 0 Å². The van der Waals surface area contributed by atoms with E-state index in [1.807, 2.05) is 27.2 Å². The number of quaternary nitrogens is 1. The third-order valence-corrected chi connectivity index (χ3v) is 11.8. The number of rotatable bonds is 45. The molecule has 0 saturated heterocycles. The van der Waals surface area contributed by atoms with Crippen LogP contribution in [0.1, 0.15) is 206 Å². The standard InChI is InChI=1S/C53H97N2O6P/c1-6-8-10-12-14-16-18-19-20-21-22-23-24-25-26-27-28-29-30-31-32-33-34-35-37-39-41-43-45-47-53(57)54-51(50-61-62(58,59)60-49-48-55(3,4)5)52(56)46-44-42-40-38-36-17-15-13-11-9-7-2/h11,13,18-19,21-22,24-25,36,38,44,46,51-52,56H,6-10,12,14-17,20,23,26-35,37,39-43,45,47-50H2,1-5H3,(H-,54,57,58,59)/p+1/b13-11+,19-18-,22-21-,25-24-,38-36+,46-44+. The molecule has 360 valence electrons. The minimum absolute atomic E-state index is 0.0508. The minimum Gasteiger partial charge on any atom is -0.387 e. The first-order chi connectivity index (χ1) is 30.0. The Hall–Kier alpha value is -2.06. The number of aliphatic hydroxyl groups excluding tert-OH is 1. The van der Waals surface area contributed by atoms with Gasteiger partial charge in [0.05, 0.1) is 39.9 Å². The number of hydrogen-bond acceptors (Lipinski definition) is 5. The predicted octanol–water partition coefficient (Wildman–Crippen LogP) is 14.8. The van der Waals surface area contributed by atoms with Gasteiger partial charge in [-0.1, -0.05) is 196 Å². The molecule has 3 atom stereocenters. The lowest BCUT2D eigenvalue weighted by molar-refractivity contribution is -0.870. The molecule has 0 bridgehead atoms. The van der Waals surface area contributed by atoms with E-state index in [4.69, 9.17) is 9.05 Å². The van der Waals surface area contributed by atoms with Gasteiger partial charge in [0.1, 0.15) is 13.2 Å². The van der Waals surface area contributed by atoms with E-state index in [0.717, 1.165) is 64.2 Å². The van der Waals surface area contributed by atoms with Crippen molar-refractivity contribution in [2.75, 3.05) is 40.9 Å². The van der Waals surface area contributed by atoms with Crippen LogP contribution in [0.5, 0.6) is 0 Å². The van der Waals surface area contributed by atoms with Crippen LogP contribution < -0.4 is 5.32 Å². The summed E-state index contributed by atoms with van der Waals surface area (Å²) < 4.78 is 23.5. The zero-order chi connectivity index (χ0) is 45.7. The van der Waals surface area contributed by atoms with Crippen molar-refractivity contribution in [2.24, 2.45) is 0 Å². The first-order valence-corrected chi connectivity index (χ1v) is 26.8. The molecular weight excluding hydrogens is 792 g/mol. The Morgan fingerprint density at radius 3 is 1.45 bits per heavy atom. The highest BCUT2D eigenvalue weighted by Gasteiger charge is 2.27. The number of amides is 1. The molecule has 0 aromatic rings. The van der Waals surface area contributed by atoms with Gasteiger partial charge in [0.2, 0.25) is 5.91 Å². The third-order valence-electron chi connectivity index (χ3n) is 10.9. The van der Waals surface area contributed by atoms with Gasteiger partial charge >= 0.3 is 7.82 Å². The monoisotopic (exact) mass is 890 g/mol. The number of likely N-dealkylation sites (N-methyl/N-ethyl adjacent to an activating group) is 1. The molecule has 0 fully saturated rings. The van der Waals surface area contributed by atoms with Gasteiger partial charge < -0.3 is 19.8 Å². The van der Waals surface area contributed by atoms with Gasteiger partial charge in [-0.2, -0.15) is 0 Å². The van der Waals surface area contributed by atoms with E-state index in [9.17, 15) is 19.4 Å². The van der Waals surface area contributed by atoms with Crippen LogP contribution >= 0.6 is 7.82 Å². The van der Waals surface area contributed by atoms with Crippen molar-refractivity contribution in [3.05, 3.63) is 72.9 Å². The molecule has 3 N–H and O–H groups in total. The number of carbonyl (C=O) groups is 1. The molecule has 3 unspecified atom stereocenters. The maximum absolute atomic E-state index is 12.9. The second kappa shape index (κ2) is 44.2. The number of unbranched alkanes of at least 4 members (excludes halogenated alkanes) is 22. The second-order valence-electron chi connectivity index (χ2n) is 18.2. The summed E-state index contributed by atoms with van der Waals surface area (Å²) in [6, 6.07) is -0.871. The summed E-state index contributed by atoms with van der Waals surface area (Å²) in [5, 5.41) is 13.8. The summed E-state index contributed by atoms with van der Waals surface area (Å²) >= 11 is 0. The number of aliphatic hydroxyl groups is 1. The number of nitrogens with one attached hydrogen (secondary N) is 1. The van der Waals surface area contributed by atoms with Gasteiger partial charge in [0.25, 0.3) is 0 Å². The Morgan fingerprint density at radius 1 is 0.548 bits per heavy atom. The Bertz CT molecular complexity index is 1240. The molecule has 0 rings (SSSR count). The fourth-order valence-electron chi connectivity index (χ4n) is 6.85. The van der Waals surface area contributed by atoms with Crippen molar-refractivity contribution in [3.63, 3.8) is 0 Å².